The van der Waals surface area contributed by atoms with Gasteiger partial charge in [0.25, 0.3) is 5.91 Å². The Hall–Kier alpha value is -3.73. The number of halogens is 4. The molecule has 2 aliphatic rings. The van der Waals surface area contributed by atoms with Gasteiger partial charge in [-0.2, -0.15) is 13.2 Å². The summed E-state index contributed by atoms with van der Waals surface area (Å²) in [5.74, 6) is -2.55. The highest BCUT2D eigenvalue weighted by Crippen LogP contribution is 2.36. The molecule has 0 spiro atoms. The predicted molar refractivity (Wildman–Crippen MR) is 148 cm³/mol. The van der Waals surface area contributed by atoms with E-state index in [1.54, 1.807) is 24.3 Å². The first-order valence-corrected chi connectivity index (χ1v) is 14.1. The Morgan fingerprint density at radius 1 is 1.02 bits per heavy atom. The zero-order valence-corrected chi connectivity index (χ0v) is 23.3. The second-order valence-corrected chi connectivity index (χ2v) is 11.1. The van der Waals surface area contributed by atoms with Gasteiger partial charge in [-0.3, -0.25) is 14.4 Å². The molecule has 1 saturated carbocycles. The molecule has 1 aliphatic heterocycles. The van der Waals surface area contributed by atoms with E-state index in [2.05, 4.69) is 0 Å². The number of benzene rings is 2. The van der Waals surface area contributed by atoms with Crippen molar-refractivity contribution in [2.75, 3.05) is 26.8 Å². The molecular weight excluding hydrogens is 554 g/mol. The maximum Gasteiger partial charge on any atom is 0.471 e. The fourth-order valence-electron chi connectivity index (χ4n) is 5.68. The molecule has 5 rings (SSSR count). The van der Waals surface area contributed by atoms with Crippen LogP contribution in [0.2, 0.25) is 0 Å². The lowest BCUT2D eigenvalue weighted by molar-refractivity contribution is -0.173. The van der Waals surface area contributed by atoms with Crippen LogP contribution in [0.4, 0.5) is 17.6 Å². The van der Waals surface area contributed by atoms with Crippen LogP contribution in [0.1, 0.15) is 69.9 Å². The van der Waals surface area contributed by atoms with Crippen molar-refractivity contribution in [1.29, 1.82) is 0 Å². The van der Waals surface area contributed by atoms with Gasteiger partial charge in [0.05, 0.1) is 12.2 Å². The predicted octanol–water partition coefficient (Wildman–Crippen LogP) is 5.61. The number of aromatic nitrogens is 1. The molecule has 2 aromatic carbocycles. The van der Waals surface area contributed by atoms with E-state index in [4.69, 9.17) is 4.74 Å². The standard InChI is InChI=1S/C31H33F4N3O4/c1-42-14-13-38-18-24(28-22(3-2-4-26(28)38)27(39)16-19-5-6-19)29(40)37-11-9-21(10-12-37)23-15-20(7-8-25(23)32)17-36-30(41)31(33,34)35/h2-4,7-8,15,18-19,21H,5-6,9-14,16-17H2,1H3,(H,36,41). The van der Waals surface area contributed by atoms with E-state index >= 15 is 0 Å². The van der Waals surface area contributed by atoms with Gasteiger partial charge < -0.3 is 19.5 Å². The summed E-state index contributed by atoms with van der Waals surface area (Å²) in [6.45, 7) is 1.27. The number of ether oxygens (including phenoxy) is 1. The highest BCUT2D eigenvalue weighted by Gasteiger charge is 2.38. The van der Waals surface area contributed by atoms with Crippen LogP contribution < -0.4 is 5.32 Å². The molecule has 0 radical (unpaired) electrons. The molecule has 1 saturated heterocycles. The number of nitrogens with one attached hydrogen (secondary N) is 1. The monoisotopic (exact) mass is 587 g/mol. The Labute approximate surface area is 240 Å². The summed E-state index contributed by atoms with van der Waals surface area (Å²) in [6.07, 6.45) is 0.249. The van der Waals surface area contributed by atoms with Crippen LogP contribution in [0.15, 0.2) is 42.6 Å². The Bertz CT molecular complexity index is 1490. The van der Waals surface area contributed by atoms with Crippen LogP contribution in [-0.2, 0) is 22.6 Å². The van der Waals surface area contributed by atoms with Gasteiger partial charge in [-0.15, -0.1) is 0 Å². The number of hydrogen-bond donors (Lipinski definition) is 1. The zero-order chi connectivity index (χ0) is 30.0. The average molecular weight is 588 g/mol. The van der Waals surface area contributed by atoms with Crippen LogP contribution in [0.5, 0.6) is 0 Å². The molecular formula is C31H33F4N3O4. The zero-order valence-electron chi connectivity index (χ0n) is 23.3. The second-order valence-electron chi connectivity index (χ2n) is 11.1. The summed E-state index contributed by atoms with van der Waals surface area (Å²) in [5, 5.41) is 2.46. The van der Waals surface area contributed by atoms with Crippen molar-refractivity contribution < 1.29 is 36.7 Å². The van der Waals surface area contributed by atoms with E-state index < -0.39 is 17.9 Å². The number of rotatable bonds is 10. The van der Waals surface area contributed by atoms with Gasteiger partial charge in [-0.1, -0.05) is 24.3 Å². The number of methoxy groups -OCH3 is 1. The first kappa shape index (κ1) is 29.8. The summed E-state index contributed by atoms with van der Waals surface area (Å²) in [5.41, 5.74) is 2.50. The number of hydrogen-bond acceptors (Lipinski definition) is 4. The molecule has 0 unspecified atom stereocenters. The molecule has 224 valence electrons. The van der Waals surface area contributed by atoms with Crippen molar-refractivity contribution in [3.63, 3.8) is 0 Å². The van der Waals surface area contributed by atoms with E-state index in [0.717, 1.165) is 18.4 Å². The average Bonchev–Trinajstić information content (AvgIpc) is 3.72. The van der Waals surface area contributed by atoms with Crippen molar-refractivity contribution in [2.45, 2.75) is 57.3 Å². The van der Waals surface area contributed by atoms with Crippen LogP contribution in [0.3, 0.4) is 0 Å². The normalized spacial score (nSPS) is 16.2. The maximum absolute atomic E-state index is 14.8. The minimum Gasteiger partial charge on any atom is -0.383 e. The van der Waals surface area contributed by atoms with Crippen LogP contribution in [0.25, 0.3) is 10.9 Å². The third-order valence-corrected chi connectivity index (χ3v) is 8.14. The summed E-state index contributed by atoms with van der Waals surface area (Å²) in [4.78, 5) is 40.0. The second kappa shape index (κ2) is 12.2. The van der Waals surface area contributed by atoms with Crippen molar-refractivity contribution in [1.82, 2.24) is 14.8 Å². The number of nitrogens with zero attached hydrogens (tertiary/aromatic N) is 2. The van der Waals surface area contributed by atoms with E-state index in [1.807, 2.05) is 22.0 Å². The number of ketones is 1. The number of alkyl halides is 3. The summed E-state index contributed by atoms with van der Waals surface area (Å²) in [7, 11) is 1.60. The Morgan fingerprint density at radius 2 is 1.76 bits per heavy atom. The van der Waals surface area contributed by atoms with Crippen molar-refractivity contribution >= 4 is 28.5 Å². The van der Waals surface area contributed by atoms with Crippen molar-refractivity contribution in [2.24, 2.45) is 5.92 Å². The number of piperidine rings is 1. The van der Waals surface area contributed by atoms with Gasteiger partial charge in [-0.25, -0.2) is 4.39 Å². The summed E-state index contributed by atoms with van der Waals surface area (Å²) >= 11 is 0. The molecule has 2 amide bonds. The third-order valence-electron chi connectivity index (χ3n) is 8.14. The molecule has 7 nitrogen and oxygen atoms in total. The van der Waals surface area contributed by atoms with Crippen molar-refractivity contribution in [3.05, 3.63) is 70.7 Å². The highest BCUT2D eigenvalue weighted by molar-refractivity contribution is 6.16. The van der Waals surface area contributed by atoms with Gasteiger partial charge in [0.15, 0.2) is 5.78 Å². The first-order chi connectivity index (χ1) is 20.1. The van der Waals surface area contributed by atoms with E-state index in [0.29, 0.717) is 79.1 Å². The highest BCUT2D eigenvalue weighted by atomic mass is 19.4. The first-order valence-electron chi connectivity index (χ1n) is 14.1. The van der Waals surface area contributed by atoms with E-state index in [1.165, 1.54) is 18.2 Å². The fraction of sp³-hybridized carbons (Fsp3) is 0.452. The topological polar surface area (TPSA) is 80.6 Å². The third kappa shape index (κ3) is 6.51. The summed E-state index contributed by atoms with van der Waals surface area (Å²) in [6, 6.07) is 9.53. The summed E-state index contributed by atoms with van der Waals surface area (Å²) < 4.78 is 59.6. The van der Waals surface area contributed by atoms with Crippen LogP contribution in [0, 0.1) is 11.7 Å². The molecule has 0 bridgehead atoms. The largest absolute Gasteiger partial charge is 0.471 e. The number of Topliss-reactive ketones (excluding diaryl/α,β-unsaturated/α-hetero) is 1. The van der Waals surface area contributed by atoms with Gasteiger partial charge in [0, 0.05) is 62.4 Å². The quantitative estimate of drug-likeness (QED) is 0.247. The lowest BCUT2D eigenvalue weighted by atomic mass is 9.88. The molecule has 1 N–H and O–H groups in total. The van der Waals surface area contributed by atoms with Crippen LogP contribution in [-0.4, -0.2) is 60.0 Å². The molecule has 0 atom stereocenters. The minimum absolute atomic E-state index is 0.0298. The number of likely N-dealkylation sites (tertiary alicyclic amines) is 1. The lowest BCUT2D eigenvalue weighted by Gasteiger charge is -2.32. The molecule has 42 heavy (non-hydrogen) atoms. The van der Waals surface area contributed by atoms with Crippen LogP contribution >= 0.6 is 0 Å². The molecule has 3 aromatic rings. The van der Waals surface area contributed by atoms with Gasteiger partial charge >= 0.3 is 12.1 Å². The van der Waals surface area contributed by atoms with Gasteiger partial charge in [0.2, 0.25) is 0 Å². The molecule has 1 aromatic heterocycles. The number of carbonyl (C=O) groups is 3. The molecule has 2 fully saturated rings. The number of amides is 2. The lowest BCUT2D eigenvalue weighted by Crippen LogP contribution is -2.38. The molecule has 11 heteroatoms. The van der Waals surface area contributed by atoms with E-state index in [9.17, 15) is 31.9 Å². The smallest absolute Gasteiger partial charge is 0.383 e. The minimum atomic E-state index is -5.00. The van der Waals surface area contributed by atoms with Gasteiger partial charge in [-0.05, 0) is 60.8 Å². The number of fused-ring (bicyclic) bond motifs is 1. The van der Waals surface area contributed by atoms with Crippen molar-refractivity contribution in [3.8, 4) is 0 Å². The Morgan fingerprint density at radius 3 is 2.43 bits per heavy atom. The maximum atomic E-state index is 14.8. The van der Waals surface area contributed by atoms with E-state index in [-0.39, 0.29) is 24.2 Å². The molecule has 2 heterocycles. The Balaban J connectivity index is 1.33. The van der Waals surface area contributed by atoms with Gasteiger partial charge in [0.1, 0.15) is 5.82 Å². The SMILES string of the molecule is COCCn1cc(C(=O)N2CCC(c3cc(CNC(=O)C(F)(F)F)ccc3F)CC2)c2c(C(=O)CC3CC3)cccc21. The fourth-order valence-corrected chi connectivity index (χ4v) is 5.68. The Kier molecular flexibility index (Phi) is 8.68. The molecule has 1 aliphatic carbocycles. The number of carbonyl (C=O) groups excluding carboxylic acids is 3.